The van der Waals surface area contributed by atoms with E-state index < -0.39 is 0 Å². The van der Waals surface area contributed by atoms with Crippen molar-refractivity contribution in [2.45, 2.75) is 6.54 Å². The Labute approximate surface area is 138 Å². The molecule has 2 heterocycles. The van der Waals surface area contributed by atoms with E-state index in [1.54, 1.807) is 4.90 Å². The number of carbonyl (C=O) groups excluding carboxylic acids is 1. The normalized spacial score (nSPS) is 16.0. The lowest BCUT2D eigenvalue weighted by atomic mass is 10.2. The second-order valence-corrected chi connectivity index (χ2v) is 6.07. The molecule has 0 spiro atoms. The predicted octanol–water partition coefficient (Wildman–Crippen LogP) is 2.67. The van der Waals surface area contributed by atoms with Crippen molar-refractivity contribution in [3.05, 3.63) is 51.8 Å². The second-order valence-electron chi connectivity index (χ2n) is 5.25. The maximum Gasteiger partial charge on any atom is 0.273 e. The highest BCUT2D eigenvalue weighted by Crippen LogP contribution is 2.19. The number of nitrogens with one attached hydrogen (secondary N) is 1. The van der Waals surface area contributed by atoms with Crippen molar-refractivity contribution in [1.29, 1.82) is 0 Å². The first-order valence-corrected chi connectivity index (χ1v) is 7.84. The van der Waals surface area contributed by atoms with Crippen LogP contribution in [0.1, 0.15) is 16.1 Å². The van der Waals surface area contributed by atoms with Gasteiger partial charge in [0.05, 0.1) is 11.2 Å². The average Bonchev–Trinajstić information content (AvgIpc) is 2.96. The SMILES string of the molecule is O=C(c1[nH]ncc1Cl)N1CCN(Cc2ccccc2Cl)CC1. The van der Waals surface area contributed by atoms with Crippen molar-refractivity contribution in [1.82, 2.24) is 20.0 Å². The summed E-state index contributed by atoms with van der Waals surface area (Å²) in [5.41, 5.74) is 1.47. The number of halogens is 2. The molecule has 0 bridgehead atoms. The average molecular weight is 339 g/mol. The molecule has 1 amide bonds. The number of aromatic nitrogens is 2. The van der Waals surface area contributed by atoms with Crippen molar-refractivity contribution in [3.63, 3.8) is 0 Å². The lowest BCUT2D eigenvalue weighted by Gasteiger charge is -2.34. The third-order valence-corrected chi connectivity index (χ3v) is 4.47. The van der Waals surface area contributed by atoms with Crippen LogP contribution >= 0.6 is 23.2 Å². The summed E-state index contributed by atoms with van der Waals surface area (Å²) in [5.74, 6) is -0.0973. The smallest absolute Gasteiger partial charge is 0.273 e. The number of carbonyl (C=O) groups is 1. The van der Waals surface area contributed by atoms with Gasteiger partial charge < -0.3 is 4.90 Å². The summed E-state index contributed by atoms with van der Waals surface area (Å²) in [7, 11) is 0. The van der Waals surface area contributed by atoms with Crippen molar-refractivity contribution >= 4 is 29.1 Å². The highest BCUT2D eigenvalue weighted by Gasteiger charge is 2.24. The number of aromatic amines is 1. The number of hydrogen-bond acceptors (Lipinski definition) is 3. The first kappa shape index (κ1) is 15.3. The number of H-pyrrole nitrogens is 1. The zero-order valence-electron chi connectivity index (χ0n) is 11.9. The number of rotatable bonds is 3. The molecule has 116 valence electrons. The molecular weight excluding hydrogens is 323 g/mol. The summed E-state index contributed by atoms with van der Waals surface area (Å²) >= 11 is 12.1. The van der Waals surface area contributed by atoms with E-state index in [1.165, 1.54) is 6.20 Å². The summed E-state index contributed by atoms with van der Waals surface area (Å²) in [6.07, 6.45) is 1.45. The molecule has 0 atom stereocenters. The number of benzene rings is 1. The molecule has 1 N–H and O–H groups in total. The molecule has 1 aliphatic heterocycles. The van der Waals surface area contributed by atoms with Gasteiger partial charge in [-0.2, -0.15) is 5.10 Å². The van der Waals surface area contributed by atoms with Gasteiger partial charge in [-0.15, -0.1) is 0 Å². The maximum atomic E-state index is 12.3. The summed E-state index contributed by atoms with van der Waals surface area (Å²) < 4.78 is 0. The van der Waals surface area contributed by atoms with Crippen LogP contribution in [0.15, 0.2) is 30.5 Å². The Balaban J connectivity index is 1.58. The Hall–Kier alpha value is -1.56. The third kappa shape index (κ3) is 3.27. The number of piperazine rings is 1. The van der Waals surface area contributed by atoms with E-state index in [1.807, 2.05) is 24.3 Å². The number of amides is 1. The van der Waals surface area contributed by atoms with Crippen LogP contribution in [-0.2, 0) is 6.54 Å². The van der Waals surface area contributed by atoms with Gasteiger partial charge in [0.2, 0.25) is 0 Å². The molecule has 0 aliphatic carbocycles. The van der Waals surface area contributed by atoms with Gasteiger partial charge in [0.15, 0.2) is 0 Å². The summed E-state index contributed by atoms with van der Waals surface area (Å²) in [6.45, 7) is 3.75. The van der Waals surface area contributed by atoms with Crippen LogP contribution in [0.4, 0.5) is 0 Å². The van der Waals surface area contributed by atoms with E-state index in [9.17, 15) is 4.79 Å². The zero-order valence-corrected chi connectivity index (χ0v) is 13.4. The fourth-order valence-electron chi connectivity index (χ4n) is 2.56. The molecule has 1 aromatic heterocycles. The molecule has 1 aromatic carbocycles. The van der Waals surface area contributed by atoms with Crippen LogP contribution < -0.4 is 0 Å². The van der Waals surface area contributed by atoms with Crippen LogP contribution in [0.3, 0.4) is 0 Å². The lowest BCUT2D eigenvalue weighted by Crippen LogP contribution is -2.48. The number of hydrogen-bond donors (Lipinski definition) is 1. The standard InChI is InChI=1S/C15H16Cl2N4O/c16-12-4-2-1-3-11(12)10-20-5-7-21(8-6-20)15(22)14-13(17)9-18-19-14/h1-4,9H,5-8,10H2,(H,18,19). The molecule has 22 heavy (non-hydrogen) atoms. The van der Waals surface area contributed by atoms with E-state index in [4.69, 9.17) is 23.2 Å². The Morgan fingerprint density at radius 3 is 2.50 bits per heavy atom. The van der Waals surface area contributed by atoms with Crippen molar-refractivity contribution in [3.8, 4) is 0 Å². The molecule has 2 aromatic rings. The maximum absolute atomic E-state index is 12.3. The monoisotopic (exact) mass is 338 g/mol. The third-order valence-electron chi connectivity index (χ3n) is 3.82. The fraction of sp³-hybridized carbons (Fsp3) is 0.333. The van der Waals surface area contributed by atoms with E-state index in [2.05, 4.69) is 15.1 Å². The molecule has 1 aliphatic rings. The molecule has 0 radical (unpaired) electrons. The molecule has 1 saturated heterocycles. The highest BCUT2D eigenvalue weighted by molar-refractivity contribution is 6.33. The summed E-state index contributed by atoms with van der Waals surface area (Å²) in [5, 5.41) is 7.59. The second kappa shape index (κ2) is 6.69. The molecule has 0 saturated carbocycles. The Kier molecular flexibility index (Phi) is 4.66. The van der Waals surface area contributed by atoms with Gasteiger partial charge in [-0.1, -0.05) is 41.4 Å². The fourth-order valence-corrected chi connectivity index (χ4v) is 2.92. The van der Waals surface area contributed by atoms with Gasteiger partial charge >= 0.3 is 0 Å². The largest absolute Gasteiger partial charge is 0.335 e. The van der Waals surface area contributed by atoms with Gasteiger partial charge in [0, 0.05) is 37.7 Å². The molecule has 5 nitrogen and oxygen atoms in total. The summed E-state index contributed by atoms with van der Waals surface area (Å²) in [6, 6.07) is 7.85. The molecular formula is C15H16Cl2N4O. The molecule has 0 unspecified atom stereocenters. The molecule has 7 heteroatoms. The Bertz CT molecular complexity index is 665. The lowest BCUT2D eigenvalue weighted by molar-refractivity contribution is 0.0623. The van der Waals surface area contributed by atoms with Crippen LogP contribution in [-0.4, -0.2) is 52.1 Å². The zero-order chi connectivity index (χ0) is 15.5. The van der Waals surface area contributed by atoms with Crippen molar-refractivity contribution < 1.29 is 4.79 Å². The van der Waals surface area contributed by atoms with Gasteiger partial charge in [-0.05, 0) is 11.6 Å². The first-order valence-electron chi connectivity index (χ1n) is 7.09. The Morgan fingerprint density at radius 1 is 1.14 bits per heavy atom. The minimum Gasteiger partial charge on any atom is -0.335 e. The van der Waals surface area contributed by atoms with E-state index in [0.29, 0.717) is 23.8 Å². The van der Waals surface area contributed by atoms with Crippen molar-refractivity contribution in [2.24, 2.45) is 0 Å². The van der Waals surface area contributed by atoms with E-state index >= 15 is 0 Å². The van der Waals surface area contributed by atoms with Gasteiger partial charge in [0.1, 0.15) is 5.69 Å². The van der Waals surface area contributed by atoms with E-state index in [0.717, 1.165) is 30.2 Å². The minimum absolute atomic E-state index is 0.0973. The first-order chi connectivity index (χ1) is 10.6. The minimum atomic E-state index is -0.0973. The summed E-state index contributed by atoms with van der Waals surface area (Å²) in [4.78, 5) is 16.4. The predicted molar refractivity (Wildman–Crippen MR) is 86.2 cm³/mol. The van der Waals surface area contributed by atoms with Crippen LogP contribution in [0.25, 0.3) is 0 Å². The molecule has 1 fully saturated rings. The van der Waals surface area contributed by atoms with Crippen LogP contribution in [0.5, 0.6) is 0 Å². The quantitative estimate of drug-likeness (QED) is 0.935. The van der Waals surface area contributed by atoms with Gasteiger partial charge in [-0.25, -0.2) is 0 Å². The van der Waals surface area contributed by atoms with Crippen LogP contribution in [0.2, 0.25) is 10.0 Å². The van der Waals surface area contributed by atoms with Gasteiger partial charge in [-0.3, -0.25) is 14.8 Å². The molecule has 3 rings (SSSR count). The topological polar surface area (TPSA) is 52.2 Å². The Morgan fingerprint density at radius 2 is 1.86 bits per heavy atom. The highest BCUT2D eigenvalue weighted by atomic mass is 35.5. The van der Waals surface area contributed by atoms with Crippen LogP contribution in [0, 0.1) is 0 Å². The van der Waals surface area contributed by atoms with E-state index in [-0.39, 0.29) is 5.91 Å². The van der Waals surface area contributed by atoms with Crippen molar-refractivity contribution in [2.75, 3.05) is 26.2 Å². The van der Waals surface area contributed by atoms with Gasteiger partial charge in [0.25, 0.3) is 5.91 Å². The number of nitrogens with zero attached hydrogens (tertiary/aromatic N) is 3.